The van der Waals surface area contributed by atoms with Gasteiger partial charge in [0.05, 0.1) is 17.3 Å². The number of nitrogens with one attached hydrogen (secondary N) is 1. The molecule has 1 fully saturated rings. The molecular formula is C25H35N7. The lowest BCUT2D eigenvalue weighted by Crippen LogP contribution is -2.03. The zero-order valence-corrected chi connectivity index (χ0v) is 19.9. The van der Waals surface area contributed by atoms with Crippen LogP contribution in [0.2, 0.25) is 0 Å². The van der Waals surface area contributed by atoms with Crippen molar-refractivity contribution < 1.29 is 0 Å². The van der Waals surface area contributed by atoms with Crippen LogP contribution in [0.25, 0.3) is 22.3 Å². The predicted molar refractivity (Wildman–Crippen MR) is 134 cm³/mol. The molecule has 0 spiro atoms. The molecule has 0 unspecified atom stereocenters. The van der Waals surface area contributed by atoms with Crippen LogP contribution in [0.3, 0.4) is 0 Å². The Morgan fingerprint density at radius 3 is 2.28 bits per heavy atom. The standard InChI is InChI=1S/C18H19N7.C5H10.C2H6/c1-11-5-4-6-12(7-11)15-9-17(24(2)23-15)21-16-8-14(19)13-10-20-25(3)18(13)22-16;1-2-4-5-3-1;1-2/h4-10H,1-3H3,(H3,19,21,22);1-5H2;1-2H3. The van der Waals surface area contributed by atoms with Crippen molar-refractivity contribution in [2.24, 2.45) is 14.1 Å². The van der Waals surface area contributed by atoms with Gasteiger partial charge in [0, 0.05) is 37.5 Å². The number of hydrogen-bond donors (Lipinski definition) is 2. The zero-order chi connectivity index (χ0) is 23.1. The molecule has 1 saturated carbocycles. The number of nitrogens with zero attached hydrogens (tertiary/aromatic N) is 5. The van der Waals surface area contributed by atoms with Crippen LogP contribution in [-0.2, 0) is 14.1 Å². The van der Waals surface area contributed by atoms with Crippen LogP contribution in [0.5, 0.6) is 0 Å². The average Bonchev–Trinajstić information content (AvgIpc) is 3.54. The lowest BCUT2D eigenvalue weighted by atomic mass is 10.1. The lowest BCUT2D eigenvalue weighted by Gasteiger charge is -2.07. The Bertz CT molecular complexity index is 1140. The molecule has 3 N–H and O–H groups in total. The second-order valence-electron chi connectivity index (χ2n) is 7.90. The van der Waals surface area contributed by atoms with Gasteiger partial charge in [-0.2, -0.15) is 10.2 Å². The second kappa shape index (κ2) is 10.8. The number of aromatic nitrogens is 5. The van der Waals surface area contributed by atoms with E-state index in [4.69, 9.17) is 5.73 Å². The molecule has 0 radical (unpaired) electrons. The van der Waals surface area contributed by atoms with E-state index in [0.29, 0.717) is 11.5 Å². The topological polar surface area (TPSA) is 86.6 Å². The van der Waals surface area contributed by atoms with Crippen LogP contribution >= 0.6 is 0 Å². The molecule has 0 atom stereocenters. The predicted octanol–water partition coefficient (Wildman–Crippen LogP) is 5.98. The molecule has 1 aliphatic carbocycles. The van der Waals surface area contributed by atoms with Gasteiger partial charge < -0.3 is 11.1 Å². The summed E-state index contributed by atoms with van der Waals surface area (Å²) in [6.07, 6.45) is 9.22. The SMILES string of the molecule is C1CCCC1.CC.Cc1cccc(-c2cc(Nc3cc(N)c4cnn(C)c4n3)n(C)n2)c1. The van der Waals surface area contributed by atoms with Gasteiger partial charge in [0.15, 0.2) is 5.65 Å². The van der Waals surface area contributed by atoms with Gasteiger partial charge in [-0.05, 0) is 13.0 Å². The summed E-state index contributed by atoms with van der Waals surface area (Å²) in [4.78, 5) is 4.60. The Hall–Kier alpha value is -3.35. The largest absolute Gasteiger partial charge is 0.398 e. The van der Waals surface area contributed by atoms with Crippen molar-refractivity contribution in [1.29, 1.82) is 0 Å². The first kappa shape index (κ1) is 23.3. The van der Waals surface area contributed by atoms with E-state index < -0.39 is 0 Å². The molecule has 4 aromatic rings. The molecule has 0 saturated heterocycles. The number of hydrogen-bond acceptors (Lipinski definition) is 5. The monoisotopic (exact) mass is 433 g/mol. The lowest BCUT2D eigenvalue weighted by molar-refractivity contribution is 0.777. The van der Waals surface area contributed by atoms with Gasteiger partial charge in [0.2, 0.25) is 0 Å². The summed E-state index contributed by atoms with van der Waals surface area (Å²) in [5, 5.41) is 12.9. The molecule has 0 amide bonds. The minimum Gasteiger partial charge on any atom is -0.398 e. The van der Waals surface area contributed by atoms with Gasteiger partial charge in [0.1, 0.15) is 11.6 Å². The first-order chi connectivity index (χ1) is 15.5. The maximum absolute atomic E-state index is 6.12. The van der Waals surface area contributed by atoms with E-state index in [0.717, 1.165) is 28.1 Å². The minimum atomic E-state index is 0.640. The van der Waals surface area contributed by atoms with E-state index >= 15 is 0 Å². The highest BCUT2D eigenvalue weighted by molar-refractivity contribution is 5.89. The van der Waals surface area contributed by atoms with E-state index in [2.05, 4.69) is 45.6 Å². The summed E-state index contributed by atoms with van der Waals surface area (Å²) in [5.74, 6) is 1.50. The van der Waals surface area contributed by atoms with E-state index in [1.54, 1.807) is 15.6 Å². The third kappa shape index (κ3) is 5.46. The number of nitrogen functional groups attached to an aromatic ring is 1. The molecule has 1 aliphatic rings. The maximum atomic E-state index is 6.12. The van der Waals surface area contributed by atoms with E-state index in [1.807, 2.05) is 46.1 Å². The number of aryl methyl sites for hydroxylation is 3. The van der Waals surface area contributed by atoms with Crippen molar-refractivity contribution in [2.75, 3.05) is 11.1 Å². The van der Waals surface area contributed by atoms with E-state index in [1.165, 1.54) is 37.7 Å². The number of rotatable bonds is 3. The number of fused-ring (bicyclic) bond motifs is 1. The van der Waals surface area contributed by atoms with Crippen molar-refractivity contribution in [3.05, 3.63) is 48.2 Å². The van der Waals surface area contributed by atoms with Crippen molar-refractivity contribution in [3.8, 4) is 11.3 Å². The molecule has 32 heavy (non-hydrogen) atoms. The Morgan fingerprint density at radius 2 is 1.62 bits per heavy atom. The van der Waals surface area contributed by atoms with Gasteiger partial charge in [-0.15, -0.1) is 0 Å². The summed E-state index contributed by atoms with van der Waals surface area (Å²) < 4.78 is 3.50. The Balaban J connectivity index is 0.000000359. The molecule has 0 bridgehead atoms. The Morgan fingerprint density at radius 1 is 0.938 bits per heavy atom. The first-order valence-electron chi connectivity index (χ1n) is 11.5. The highest BCUT2D eigenvalue weighted by atomic mass is 15.3. The molecule has 170 valence electrons. The van der Waals surface area contributed by atoms with Gasteiger partial charge in [-0.3, -0.25) is 9.36 Å². The first-order valence-corrected chi connectivity index (χ1v) is 11.5. The van der Waals surface area contributed by atoms with Crippen LogP contribution in [0.1, 0.15) is 51.5 Å². The number of anilines is 3. The van der Waals surface area contributed by atoms with Crippen LogP contribution in [0.4, 0.5) is 17.3 Å². The number of nitrogens with two attached hydrogens (primary N) is 1. The minimum absolute atomic E-state index is 0.640. The van der Waals surface area contributed by atoms with Gasteiger partial charge in [0.25, 0.3) is 0 Å². The third-order valence-corrected chi connectivity index (χ3v) is 5.44. The van der Waals surface area contributed by atoms with Crippen LogP contribution in [0, 0.1) is 6.92 Å². The van der Waals surface area contributed by atoms with Gasteiger partial charge in [-0.25, -0.2) is 4.98 Å². The van der Waals surface area contributed by atoms with Crippen molar-refractivity contribution >= 4 is 28.4 Å². The summed E-state index contributed by atoms with van der Waals surface area (Å²) in [6, 6.07) is 12.1. The fourth-order valence-electron chi connectivity index (χ4n) is 3.75. The molecule has 3 aromatic heterocycles. The van der Waals surface area contributed by atoms with Gasteiger partial charge >= 0.3 is 0 Å². The molecule has 1 aromatic carbocycles. The van der Waals surface area contributed by atoms with Crippen LogP contribution < -0.4 is 11.1 Å². The second-order valence-corrected chi connectivity index (χ2v) is 7.90. The molecule has 3 heterocycles. The fraction of sp³-hybridized carbons (Fsp3) is 0.400. The third-order valence-electron chi connectivity index (χ3n) is 5.44. The summed E-state index contributed by atoms with van der Waals surface area (Å²) >= 11 is 0. The summed E-state index contributed by atoms with van der Waals surface area (Å²) in [6.45, 7) is 6.07. The fourth-order valence-corrected chi connectivity index (χ4v) is 3.75. The molecule has 0 aliphatic heterocycles. The van der Waals surface area contributed by atoms with E-state index in [-0.39, 0.29) is 0 Å². The van der Waals surface area contributed by atoms with Crippen molar-refractivity contribution in [3.63, 3.8) is 0 Å². The highest BCUT2D eigenvalue weighted by Crippen LogP contribution is 2.27. The maximum Gasteiger partial charge on any atom is 0.161 e. The van der Waals surface area contributed by atoms with Crippen LogP contribution in [-0.4, -0.2) is 24.5 Å². The number of benzene rings is 1. The average molecular weight is 434 g/mol. The van der Waals surface area contributed by atoms with Crippen molar-refractivity contribution in [2.45, 2.75) is 52.9 Å². The molecule has 7 nitrogen and oxygen atoms in total. The van der Waals surface area contributed by atoms with Gasteiger partial charge in [-0.1, -0.05) is 69.7 Å². The summed E-state index contributed by atoms with van der Waals surface area (Å²) in [7, 11) is 3.74. The quantitative estimate of drug-likeness (QED) is 0.415. The number of pyridine rings is 1. The molecule has 5 rings (SSSR count). The molecule has 7 heteroatoms. The van der Waals surface area contributed by atoms with Crippen LogP contribution in [0.15, 0.2) is 42.6 Å². The van der Waals surface area contributed by atoms with E-state index in [9.17, 15) is 0 Å². The Labute approximate surface area is 190 Å². The zero-order valence-electron chi connectivity index (χ0n) is 19.9. The summed E-state index contributed by atoms with van der Waals surface area (Å²) in [5.41, 5.74) is 10.7. The van der Waals surface area contributed by atoms with Crippen molar-refractivity contribution in [1.82, 2.24) is 24.5 Å². The normalized spacial score (nSPS) is 12.7. The molecular weight excluding hydrogens is 398 g/mol. The highest BCUT2D eigenvalue weighted by Gasteiger charge is 2.11. The Kier molecular flexibility index (Phi) is 7.87. The smallest absolute Gasteiger partial charge is 0.161 e.